The Kier molecular flexibility index (Phi) is 4.31. The van der Waals surface area contributed by atoms with E-state index in [-0.39, 0.29) is 22.7 Å². The maximum Gasteiger partial charge on any atom is 0.142 e. The lowest BCUT2D eigenvalue weighted by molar-refractivity contribution is -0.141. The minimum Gasteiger partial charge on any atom is -0.376 e. The number of carbonyl (C=O) groups is 2. The fourth-order valence-corrected chi connectivity index (χ4v) is 6.06. The molecule has 6 atom stereocenters. The third-order valence-electron chi connectivity index (χ3n) is 8.05. The van der Waals surface area contributed by atoms with Crippen LogP contribution in [0.1, 0.15) is 66.2 Å². The van der Waals surface area contributed by atoms with E-state index in [0.29, 0.717) is 43.5 Å². The number of hydrogen-bond acceptors (Lipinski definition) is 3. The van der Waals surface area contributed by atoms with Crippen molar-refractivity contribution >= 4 is 11.6 Å². The van der Waals surface area contributed by atoms with Gasteiger partial charge in [-0.2, -0.15) is 0 Å². The van der Waals surface area contributed by atoms with Crippen LogP contribution < -0.4 is 0 Å². The average molecular weight is 332 g/mol. The second-order valence-corrected chi connectivity index (χ2v) is 8.79. The number of ether oxygens (including phenoxy) is 1. The van der Waals surface area contributed by atoms with E-state index in [1.807, 2.05) is 13.8 Å². The highest BCUT2D eigenvalue weighted by atomic mass is 16.5. The SMILES string of the molecule is C=C[C@](C)(C[C@H]1OC[C@@]23C(=O)CCC2CC[C@@H](C)[C@@]13C)C(=O)CC. The Morgan fingerprint density at radius 2 is 2.12 bits per heavy atom. The smallest absolute Gasteiger partial charge is 0.142 e. The summed E-state index contributed by atoms with van der Waals surface area (Å²) in [5.41, 5.74) is -1.04. The van der Waals surface area contributed by atoms with Crippen LogP contribution in [0, 0.1) is 28.1 Å². The Balaban J connectivity index is 1.98. The van der Waals surface area contributed by atoms with Gasteiger partial charge in [-0.15, -0.1) is 6.58 Å². The van der Waals surface area contributed by atoms with Crippen molar-refractivity contribution in [3.8, 4) is 0 Å². The molecule has 1 spiro atoms. The zero-order valence-electron chi connectivity index (χ0n) is 15.7. The Morgan fingerprint density at radius 1 is 1.42 bits per heavy atom. The molecule has 0 aromatic carbocycles. The number of allylic oxidation sites excluding steroid dienone is 1. The Hall–Kier alpha value is -0.960. The van der Waals surface area contributed by atoms with E-state index >= 15 is 0 Å². The van der Waals surface area contributed by atoms with E-state index in [2.05, 4.69) is 20.4 Å². The number of Topliss-reactive ketones (excluding diaryl/α,β-unsaturated/α-hetero) is 2. The monoisotopic (exact) mass is 332 g/mol. The standard InChI is InChI=1S/C21H32O3/c1-6-16(22)19(4,7-2)12-18-20(5)14(3)8-9-15-10-11-17(23)21(15,20)13-24-18/h7,14-15,18H,2,6,8-13H2,1,3-5H3/t14-,15?,18-,19-,20+,21+/m1/s1. The van der Waals surface area contributed by atoms with Gasteiger partial charge in [-0.3, -0.25) is 9.59 Å². The third-order valence-corrected chi connectivity index (χ3v) is 8.05. The van der Waals surface area contributed by atoms with Crippen LogP contribution in [0.4, 0.5) is 0 Å². The first-order valence-electron chi connectivity index (χ1n) is 9.58. The van der Waals surface area contributed by atoms with E-state index in [4.69, 9.17) is 4.74 Å². The van der Waals surface area contributed by atoms with Gasteiger partial charge < -0.3 is 4.74 Å². The molecule has 3 rings (SSSR count). The van der Waals surface area contributed by atoms with E-state index in [1.54, 1.807) is 6.08 Å². The molecule has 3 nitrogen and oxygen atoms in total. The van der Waals surface area contributed by atoms with Crippen LogP contribution in [0.15, 0.2) is 12.7 Å². The van der Waals surface area contributed by atoms with Crippen molar-refractivity contribution in [2.75, 3.05) is 6.61 Å². The van der Waals surface area contributed by atoms with E-state index in [1.165, 1.54) is 0 Å². The van der Waals surface area contributed by atoms with Gasteiger partial charge in [0.25, 0.3) is 0 Å². The zero-order chi connectivity index (χ0) is 17.8. The average Bonchev–Trinajstić information content (AvgIpc) is 3.06. The topological polar surface area (TPSA) is 43.4 Å². The van der Waals surface area contributed by atoms with Gasteiger partial charge in [0.1, 0.15) is 11.6 Å². The molecule has 0 aromatic rings. The van der Waals surface area contributed by atoms with Crippen molar-refractivity contribution in [2.45, 2.75) is 72.3 Å². The third kappa shape index (κ3) is 2.06. The number of carbonyl (C=O) groups excluding carboxylic acids is 2. The highest BCUT2D eigenvalue weighted by molar-refractivity contribution is 5.89. The molecule has 1 heterocycles. The van der Waals surface area contributed by atoms with Crippen molar-refractivity contribution in [1.29, 1.82) is 0 Å². The second-order valence-electron chi connectivity index (χ2n) is 8.79. The van der Waals surface area contributed by atoms with Crippen LogP contribution in [-0.2, 0) is 14.3 Å². The quantitative estimate of drug-likeness (QED) is 0.703. The molecule has 2 saturated carbocycles. The summed E-state index contributed by atoms with van der Waals surface area (Å²) in [6, 6.07) is 0. The summed E-state index contributed by atoms with van der Waals surface area (Å²) in [5.74, 6) is 1.52. The Bertz CT molecular complexity index is 567. The van der Waals surface area contributed by atoms with Crippen LogP contribution in [0.2, 0.25) is 0 Å². The van der Waals surface area contributed by atoms with E-state index in [9.17, 15) is 9.59 Å². The molecule has 24 heavy (non-hydrogen) atoms. The van der Waals surface area contributed by atoms with Gasteiger partial charge >= 0.3 is 0 Å². The molecular weight excluding hydrogens is 300 g/mol. The molecule has 3 heteroatoms. The van der Waals surface area contributed by atoms with Crippen LogP contribution in [0.5, 0.6) is 0 Å². The van der Waals surface area contributed by atoms with Crippen molar-refractivity contribution in [3.05, 3.63) is 12.7 Å². The predicted octanol–water partition coefficient (Wildman–Crippen LogP) is 4.35. The highest BCUT2D eigenvalue weighted by Crippen LogP contribution is 2.67. The lowest BCUT2D eigenvalue weighted by atomic mass is 9.48. The molecule has 3 fully saturated rings. The Morgan fingerprint density at radius 3 is 2.75 bits per heavy atom. The van der Waals surface area contributed by atoms with Crippen molar-refractivity contribution < 1.29 is 14.3 Å². The number of rotatable bonds is 5. The molecule has 1 aliphatic heterocycles. The van der Waals surface area contributed by atoms with Crippen LogP contribution in [0.25, 0.3) is 0 Å². The first-order chi connectivity index (χ1) is 11.3. The maximum atomic E-state index is 13.0. The number of hydrogen-bond donors (Lipinski definition) is 0. The fourth-order valence-electron chi connectivity index (χ4n) is 6.06. The summed E-state index contributed by atoms with van der Waals surface area (Å²) in [4.78, 5) is 25.5. The highest BCUT2D eigenvalue weighted by Gasteiger charge is 2.70. The van der Waals surface area contributed by atoms with Gasteiger partial charge in [-0.05, 0) is 44.4 Å². The van der Waals surface area contributed by atoms with Crippen molar-refractivity contribution in [3.63, 3.8) is 0 Å². The molecular formula is C21H32O3. The summed E-state index contributed by atoms with van der Waals surface area (Å²) in [5, 5.41) is 0. The van der Waals surface area contributed by atoms with Crippen LogP contribution in [-0.4, -0.2) is 24.3 Å². The summed E-state index contributed by atoms with van der Waals surface area (Å²) >= 11 is 0. The van der Waals surface area contributed by atoms with E-state index < -0.39 is 5.41 Å². The summed E-state index contributed by atoms with van der Waals surface area (Å²) < 4.78 is 6.32. The van der Waals surface area contributed by atoms with Crippen molar-refractivity contribution in [1.82, 2.24) is 0 Å². The second kappa shape index (κ2) is 5.79. The molecule has 3 aliphatic rings. The predicted molar refractivity (Wildman–Crippen MR) is 94.6 cm³/mol. The fraction of sp³-hybridized carbons (Fsp3) is 0.810. The van der Waals surface area contributed by atoms with Gasteiger partial charge in [0, 0.05) is 23.7 Å². The molecule has 1 saturated heterocycles. The molecule has 0 N–H and O–H groups in total. The normalized spacial score (nSPS) is 43.8. The first kappa shape index (κ1) is 17.8. The van der Waals surface area contributed by atoms with E-state index in [0.717, 1.165) is 19.3 Å². The zero-order valence-corrected chi connectivity index (χ0v) is 15.7. The van der Waals surface area contributed by atoms with Crippen molar-refractivity contribution in [2.24, 2.45) is 28.1 Å². The maximum absolute atomic E-state index is 13.0. The number of ketones is 2. The van der Waals surface area contributed by atoms with Gasteiger partial charge in [0.15, 0.2) is 0 Å². The summed E-state index contributed by atoms with van der Waals surface area (Å²) in [6.45, 7) is 12.9. The summed E-state index contributed by atoms with van der Waals surface area (Å²) in [6.07, 6.45) is 6.92. The molecule has 0 amide bonds. The molecule has 0 radical (unpaired) electrons. The molecule has 0 bridgehead atoms. The molecule has 134 valence electrons. The summed E-state index contributed by atoms with van der Waals surface area (Å²) in [7, 11) is 0. The minimum atomic E-state index is -0.567. The Labute approximate surface area is 146 Å². The first-order valence-corrected chi connectivity index (χ1v) is 9.58. The van der Waals surface area contributed by atoms with Gasteiger partial charge in [0.05, 0.1) is 18.1 Å². The minimum absolute atomic E-state index is 0.0455. The molecule has 0 aromatic heterocycles. The molecule has 1 unspecified atom stereocenters. The largest absolute Gasteiger partial charge is 0.376 e. The van der Waals surface area contributed by atoms with Crippen LogP contribution >= 0.6 is 0 Å². The lowest BCUT2D eigenvalue weighted by Gasteiger charge is -2.53. The van der Waals surface area contributed by atoms with Crippen LogP contribution in [0.3, 0.4) is 0 Å². The lowest BCUT2D eigenvalue weighted by Crippen LogP contribution is -2.56. The van der Waals surface area contributed by atoms with Gasteiger partial charge in [0.2, 0.25) is 0 Å². The molecule has 2 aliphatic carbocycles. The van der Waals surface area contributed by atoms with Gasteiger partial charge in [-0.25, -0.2) is 0 Å². The van der Waals surface area contributed by atoms with Gasteiger partial charge in [-0.1, -0.05) is 26.8 Å².